The molecule has 0 atom stereocenters. The molecule has 2 N–H and O–H groups in total. The molecular formula is C21H26N2O4S. The number of nitrogens with one attached hydrogen (secondary N) is 2. The van der Waals surface area contributed by atoms with Gasteiger partial charge < -0.3 is 10.1 Å². The van der Waals surface area contributed by atoms with Gasteiger partial charge in [-0.3, -0.25) is 9.52 Å². The van der Waals surface area contributed by atoms with E-state index in [0.29, 0.717) is 17.1 Å². The molecule has 1 amide bonds. The highest BCUT2D eigenvalue weighted by Gasteiger charge is 2.32. The fourth-order valence-electron chi connectivity index (χ4n) is 2.78. The third-order valence-electron chi connectivity index (χ3n) is 4.71. The molecule has 0 aromatic heterocycles. The van der Waals surface area contributed by atoms with Crippen LogP contribution in [0.2, 0.25) is 0 Å². The second kappa shape index (κ2) is 6.81. The Morgan fingerprint density at radius 1 is 1.07 bits per heavy atom. The Hall–Kier alpha value is -2.54. The summed E-state index contributed by atoms with van der Waals surface area (Å²) < 4.78 is 33.7. The minimum Gasteiger partial charge on any atom is -0.490 e. The maximum atomic E-state index is 12.7. The number of amides is 1. The predicted octanol–water partition coefficient (Wildman–Crippen LogP) is 4.14. The molecule has 1 aliphatic rings. The average molecular weight is 403 g/mol. The molecule has 0 aliphatic carbocycles. The van der Waals surface area contributed by atoms with E-state index in [1.807, 2.05) is 12.1 Å². The van der Waals surface area contributed by atoms with Crippen LogP contribution in [0.4, 0.5) is 11.4 Å². The van der Waals surface area contributed by atoms with Crippen LogP contribution in [0.25, 0.3) is 0 Å². The topological polar surface area (TPSA) is 84.5 Å². The second-order valence-electron chi connectivity index (χ2n) is 8.72. The molecule has 1 heterocycles. The molecule has 2 aromatic rings. The van der Waals surface area contributed by atoms with Gasteiger partial charge in [0.25, 0.3) is 10.0 Å². The van der Waals surface area contributed by atoms with Gasteiger partial charge in [0.05, 0.1) is 21.7 Å². The maximum Gasteiger partial charge on any atom is 0.261 e. The monoisotopic (exact) mass is 402 g/mol. The largest absolute Gasteiger partial charge is 0.490 e. The zero-order valence-electron chi connectivity index (χ0n) is 16.8. The van der Waals surface area contributed by atoms with Crippen LogP contribution >= 0.6 is 0 Å². The normalized spacial score (nSPS) is 16.4. The van der Waals surface area contributed by atoms with Crippen molar-refractivity contribution in [2.75, 3.05) is 16.6 Å². The van der Waals surface area contributed by atoms with E-state index in [0.717, 1.165) is 5.56 Å². The van der Waals surface area contributed by atoms with Gasteiger partial charge in [-0.2, -0.15) is 0 Å². The van der Waals surface area contributed by atoms with Crippen molar-refractivity contribution in [2.24, 2.45) is 5.41 Å². The lowest BCUT2D eigenvalue weighted by molar-refractivity contribution is -0.124. The van der Waals surface area contributed by atoms with E-state index in [-0.39, 0.29) is 22.8 Å². The van der Waals surface area contributed by atoms with E-state index in [9.17, 15) is 13.2 Å². The molecule has 0 saturated heterocycles. The molecule has 2 aromatic carbocycles. The van der Waals surface area contributed by atoms with Crippen LogP contribution in [-0.4, -0.2) is 20.9 Å². The molecule has 0 radical (unpaired) electrons. The smallest absolute Gasteiger partial charge is 0.261 e. The highest BCUT2D eigenvalue weighted by Crippen LogP contribution is 2.34. The van der Waals surface area contributed by atoms with E-state index >= 15 is 0 Å². The number of hydrogen-bond donors (Lipinski definition) is 2. The second-order valence-corrected chi connectivity index (χ2v) is 10.4. The fourth-order valence-corrected chi connectivity index (χ4v) is 3.83. The van der Waals surface area contributed by atoms with E-state index in [1.165, 1.54) is 0 Å². The molecule has 7 heteroatoms. The highest BCUT2D eigenvalue weighted by molar-refractivity contribution is 7.92. The third-order valence-corrected chi connectivity index (χ3v) is 6.11. The van der Waals surface area contributed by atoms with Gasteiger partial charge in [0.15, 0.2) is 0 Å². The Morgan fingerprint density at radius 2 is 1.71 bits per heavy atom. The van der Waals surface area contributed by atoms with Crippen molar-refractivity contribution in [3.05, 3.63) is 48.0 Å². The van der Waals surface area contributed by atoms with Gasteiger partial charge in [0, 0.05) is 0 Å². The van der Waals surface area contributed by atoms with Crippen LogP contribution in [-0.2, 0) is 20.2 Å². The van der Waals surface area contributed by atoms with Crippen molar-refractivity contribution < 1.29 is 17.9 Å². The molecule has 150 valence electrons. The standard InChI is InChI=1S/C21H26N2O4S/c1-20(2,3)14-6-9-16(10-7-14)28(25,26)23-15-8-11-18-17(12-15)22-19(24)21(4,5)13-27-18/h6-12,23H,13H2,1-5H3,(H,22,24). The van der Waals surface area contributed by atoms with E-state index in [4.69, 9.17) is 4.74 Å². The van der Waals surface area contributed by atoms with Crippen LogP contribution in [0.15, 0.2) is 47.4 Å². The molecule has 0 saturated carbocycles. The Kier molecular flexibility index (Phi) is 4.91. The minimum absolute atomic E-state index is 0.0568. The summed E-state index contributed by atoms with van der Waals surface area (Å²) in [4.78, 5) is 12.5. The third kappa shape index (κ3) is 4.14. The van der Waals surface area contributed by atoms with Gasteiger partial charge >= 0.3 is 0 Å². The van der Waals surface area contributed by atoms with Gasteiger partial charge in [-0.15, -0.1) is 0 Å². The van der Waals surface area contributed by atoms with Crippen LogP contribution in [0.5, 0.6) is 5.75 Å². The summed E-state index contributed by atoms with van der Waals surface area (Å²) in [5.41, 5.74) is 1.12. The number of benzene rings is 2. The first-order valence-electron chi connectivity index (χ1n) is 9.10. The van der Waals surface area contributed by atoms with Crippen molar-refractivity contribution in [1.82, 2.24) is 0 Å². The van der Waals surface area contributed by atoms with Crippen LogP contribution < -0.4 is 14.8 Å². The minimum atomic E-state index is -3.75. The first-order valence-corrected chi connectivity index (χ1v) is 10.6. The average Bonchev–Trinajstić information content (AvgIpc) is 2.70. The summed E-state index contributed by atoms with van der Waals surface area (Å²) in [7, 11) is -3.75. The number of sulfonamides is 1. The van der Waals surface area contributed by atoms with Gasteiger partial charge in [0.1, 0.15) is 12.4 Å². The Bertz CT molecular complexity index is 1000. The Balaban J connectivity index is 1.85. The highest BCUT2D eigenvalue weighted by atomic mass is 32.2. The molecule has 6 nitrogen and oxygen atoms in total. The fraction of sp³-hybridized carbons (Fsp3) is 0.381. The zero-order valence-corrected chi connectivity index (χ0v) is 17.6. The first kappa shape index (κ1) is 20.2. The molecule has 0 bridgehead atoms. The molecule has 28 heavy (non-hydrogen) atoms. The molecule has 0 fully saturated rings. The van der Waals surface area contributed by atoms with Gasteiger partial charge in [-0.1, -0.05) is 32.9 Å². The lowest BCUT2D eigenvalue weighted by Crippen LogP contribution is -2.33. The number of hydrogen-bond acceptors (Lipinski definition) is 4. The summed E-state index contributed by atoms with van der Waals surface area (Å²) in [6.45, 7) is 10.0. The maximum absolute atomic E-state index is 12.7. The Labute approximate surface area is 166 Å². The summed E-state index contributed by atoms with van der Waals surface area (Å²) in [6, 6.07) is 11.7. The number of anilines is 2. The van der Waals surface area contributed by atoms with E-state index in [1.54, 1.807) is 44.2 Å². The quantitative estimate of drug-likeness (QED) is 0.808. The first-order chi connectivity index (χ1) is 12.9. The molecule has 3 rings (SSSR count). The predicted molar refractivity (Wildman–Crippen MR) is 110 cm³/mol. The lowest BCUT2D eigenvalue weighted by Gasteiger charge is -2.19. The summed E-state index contributed by atoms with van der Waals surface area (Å²) >= 11 is 0. The number of ether oxygens (including phenoxy) is 1. The van der Waals surface area contributed by atoms with Crippen LogP contribution in [0, 0.1) is 5.41 Å². The van der Waals surface area contributed by atoms with Crippen molar-refractivity contribution in [2.45, 2.75) is 44.9 Å². The number of rotatable bonds is 3. The van der Waals surface area contributed by atoms with Gasteiger partial charge in [-0.05, 0) is 55.2 Å². The molecule has 1 aliphatic heterocycles. The zero-order chi connectivity index (χ0) is 20.7. The molecule has 0 spiro atoms. The summed E-state index contributed by atoms with van der Waals surface area (Å²) in [5.74, 6) is 0.334. The van der Waals surface area contributed by atoms with Crippen molar-refractivity contribution in [3.63, 3.8) is 0 Å². The van der Waals surface area contributed by atoms with Gasteiger partial charge in [-0.25, -0.2) is 8.42 Å². The van der Waals surface area contributed by atoms with E-state index < -0.39 is 15.4 Å². The van der Waals surface area contributed by atoms with Crippen LogP contribution in [0.3, 0.4) is 0 Å². The lowest BCUT2D eigenvalue weighted by atomic mass is 9.87. The van der Waals surface area contributed by atoms with Crippen molar-refractivity contribution >= 4 is 27.3 Å². The molecule has 0 unspecified atom stereocenters. The van der Waals surface area contributed by atoms with Crippen LogP contribution in [0.1, 0.15) is 40.2 Å². The molecular weight excluding hydrogens is 376 g/mol. The van der Waals surface area contributed by atoms with Crippen molar-refractivity contribution in [3.8, 4) is 5.75 Å². The summed E-state index contributed by atoms with van der Waals surface area (Å²) in [5, 5.41) is 2.80. The number of carbonyl (C=O) groups excluding carboxylic acids is 1. The summed E-state index contributed by atoms with van der Waals surface area (Å²) in [6.07, 6.45) is 0. The van der Waals surface area contributed by atoms with Crippen molar-refractivity contribution in [1.29, 1.82) is 0 Å². The SMILES string of the molecule is CC1(C)COc2ccc(NS(=O)(=O)c3ccc(C(C)(C)C)cc3)cc2NC1=O. The van der Waals surface area contributed by atoms with Gasteiger partial charge in [0.2, 0.25) is 5.91 Å². The number of fused-ring (bicyclic) bond motifs is 1. The Morgan fingerprint density at radius 3 is 2.32 bits per heavy atom. The number of carbonyl (C=O) groups is 1. The van der Waals surface area contributed by atoms with E-state index in [2.05, 4.69) is 30.8 Å².